The topological polar surface area (TPSA) is 89.9 Å². The maximum Gasteiger partial charge on any atom is 0.348 e. The summed E-state index contributed by atoms with van der Waals surface area (Å²) in [5.41, 5.74) is 0. The van der Waals surface area contributed by atoms with Gasteiger partial charge in [-0.05, 0) is 12.3 Å². The van der Waals surface area contributed by atoms with Crippen LogP contribution in [-0.2, 0) is 23.9 Å². The molecule has 0 aromatic rings. The van der Waals surface area contributed by atoms with Crippen LogP contribution in [0.25, 0.3) is 0 Å². The monoisotopic (exact) mass is 244 g/mol. The Morgan fingerprint density at radius 3 is 2.59 bits per heavy atom. The molecule has 2 atom stereocenters. The first-order valence-corrected chi connectivity index (χ1v) is 5.53. The Labute approximate surface area is 98.9 Å². The number of hydrogen-bond acceptors (Lipinski definition) is 5. The van der Waals surface area contributed by atoms with E-state index in [4.69, 9.17) is 14.6 Å². The molecule has 1 fully saturated rings. The van der Waals surface area contributed by atoms with Crippen molar-refractivity contribution in [3.63, 3.8) is 0 Å². The molecular formula is C11H16O6. The first kappa shape index (κ1) is 13.5. The van der Waals surface area contributed by atoms with Gasteiger partial charge in [0, 0.05) is 12.8 Å². The summed E-state index contributed by atoms with van der Waals surface area (Å²) < 4.78 is 9.54. The fourth-order valence-corrected chi connectivity index (χ4v) is 1.54. The number of ether oxygens (including phenoxy) is 2. The van der Waals surface area contributed by atoms with Gasteiger partial charge in [-0.2, -0.15) is 0 Å². The van der Waals surface area contributed by atoms with E-state index in [0.717, 1.165) is 0 Å². The lowest BCUT2D eigenvalue weighted by Crippen LogP contribution is -2.33. The lowest BCUT2D eigenvalue weighted by Gasteiger charge is -2.17. The second kappa shape index (κ2) is 5.65. The molecule has 1 N–H and O–H groups in total. The summed E-state index contributed by atoms with van der Waals surface area (Å²) in [6.45, 7) is 3.67. The number of carboxylic acid groups (broad SMARTS) is 1. The van der Waals surface area contributed by atoms with E-state index >= 15 is 0 Å². The highest BCUT2D eigenvalue weighted by atomic mass is 16.6. The van der Waals surface area contributed by atoms with Crippen molar-refractivity contribution in [3.8, 4) is 0 Å². The van der Waals surface area contributed by atoms with Crippen LogP contribution < -0.4 is 0 Å². The Balaban J connectivity index is 2.52. The van der Waals surface area contributed by atoms with Crippen LogP contribution in [0.2, 0.25) is 0 Å². The van der Waals surface area contributed by atoms with Crippen LogP contribution in [0.3, 0.4) is 0 Å². The molecular weight excluding hydrogens is 228 g/mol. The van der Waals surface area contributed by atoms with Crippen LogP contribution >= 0.6 is 0 Å². The average molecular weight is 244 g/mol. The predicted octanol–water partition coefficient (Wildman–Crippen LogP) is 0.734. The minimum Gasteiger partial charge on any atom is -0.479 e. The van der Waals surface area contributed by atoms with Crippen LogP contribution in [-0.4, -0.2) is 35.2 Å². The molecule has 0 aromatic heterocycles. The van der Waals surface area contributed by atoms with E-state index < -0.39 is 30.1 Å². The van der Waals surface area contributed by atoms with Gasteiger partial charge in [-0.25, -0.2) is 9.59 Å². The number of aliphatic carboxylic acids is 1. The largest absolute Gasteiger partial charge is 0.479 e. The average Bonchev–Trinajstić information content (AvgIpc) is 2.63. The van der Waals surface area contributed by atoms with Gasteiger partial charge >= 0.3 is 17.9 Å². The molecule has 1 saturated heterocycles. The van der Waals surface area contributed by atoms with Crippen LogP contribution in [0.15, 0.2) is 0 Å². The second-order valence-electron chi connectivity index (χ2n) is 4.41. The third kappa shape index (κ3) is 4.05. The van der Waals surface area contributed by atoms with E-state index in [1.165, 1.54) is 0 Å². The smallest absolute Gasteiger partial charge is 0.348 e. The predicted molar refractivity (Wildman–Crippen MR) is 56.1 cm³/mol. The highest BCUT2D eigenvalue weighted by Crippen LogP contribution is 2.17. The van der Waals surface area contributed by atoms with Gasteiger partial charge < -0.3 is 14.6 Å². The zero-order chi connectivity index (χ0) is 13.0. The molecule has 0 amide bonds. The van der Waals surface area contributed by atoms with Gasteiger partial charge in [0.1, 0.15) is 0 Å². The van der Waals surface area contributed by atoms with Gasteiger partial charge in [-0.1, -0.05) is 13.8 Å². The van der Waals surface area contributed by atoms with Gasteiger partial charge in [-0.15, -0.1) is 0 Å². The molecule has 0 radical (unpaired) electrons. The second-order valence-corrected chi connectivity index (χ2v) is 4.41. The fourth-order valence-electron chi connectivity index (χ4n) is 1.54. The van der Waals surface area contributed by atoms with Gasteiger partial charge in [-0.3, -0.25) is 4.79 Å². The number of carbonyl (C=O) groups is 3. The van der Waals surface area contributed by atoms with E-state index in [2.05, 4.69) is 0 Å². The maximum atomic E-state index is 11.5. The summed E-state index contributed by atoms with van der Waals surface area (Å²) in [6.07, 6.45) is -1.46. The molecule has 0 unspecified atom stereocenters. The first-order chi connectivity index (χ1) is 7.90. The molecule has 0 bridgehead atoms. The summed E-state index contributed by atoms with van der Waals surface area (Å²) in [7, 11) is 0. The van der Waals surface area contributed by atoms with Gasteiger partial charge in [0.2, 0.25) is 0 Å². The molecule has 1 aliphatic rings. The molecule has 17 heavy (non-hydrogen) atoms. The van der Waals surface area contributed by atoms with E-state index in [9.17, 15) is 14.4 Å². The molecule has 1 rings (SSSR count). The van der Waals surface area contributed by atoms with Crippen molar-refractivity contribution in [3.05, 3.63) is 0 Å². The third-order valence-electron chi connectivity index (χ3n) is 2.37. The highest BCUT2D eigenvalue weighted by Gasteiger charge is 2.34. The summed E-state index contributed by atoms with van der Waals surface area (Å²) >= 11 is 0. The minimum atomic E-state index is -1.18. The molecule has 1 aliphatic heterocycles. The molecule has 0 aromatic carbocycles. The van der Waals surface area contributed by atoms with Crippen molar-refractivity contribution in [1.82, 2.24) is 0 Å². The number of cyclic esters (lactones) is 1. The standard InChI is InChI=1S/C11H16O6/c1-6(2)5-8(10(13)14)17-11(15)7-3-4-9(12)16-7/h6-8H,3-5H2,1-2H3,(H,13,14)/t7-,8+/m0/s1. The lowest BCUT2D eigenvalue weighted by atomic mass is 10.1. The summed E-state index contributed by atoms with van der Waals surface area (Å²) in [5, 5.41) is 8.88. The zero-order valence-corrected chi connectivity index (χ0v) is 9.84. The van der Waals surface area contributed by atoms with Crippen LogP contribution in [0, 0.1) is 5.92 Å². The quantitative estimate of drug-likeness (QED) is 0.717. The Kier molecular flexibility index (Phi) is 4.48. The van der Waals surface area contributed by atoms with Gasteiger partial charge in [0.25, 0.3) is 0 Å². The molecule has 0 saturated carbocycles. The molecule has 6 heteroatoms. The Morgan fingerprint density at radius 2 is 2.18 bits per heavy atom. The number of hydrogen-bond donors (Lipinski definition) is 1. The molecule has 0 aliphatic carbocycles. The first-order valence-electron chi connectivity index (χ1n) is 5.53. The summed E-state index contributed by atoms with van der Waals surface area (Å²) in [6, 6.07) is 0. The van der Waals surface area contributed by atoms with Crippen molar-refractivity contribution in [1.29, 1.82) is 0 Å². The minimum absolute atomic E-state index is 0.0926. The Morgan fingerprint density at radius 1 is 1.53 bits per heavy atom. The van der Waals surface area contributed by atoms with Crippen molar-refractivity contribution in [2.24, 2.45) is 5.92 Å². The summed E-state index contributed by atoms with van der Waals surface area (Å²) in [4.78, 5) is 33.2. The van der Waals surface area contributed by atoms with Gasteiger partial charge in [0.05, 0.1) is 0 Å². The van der Waals surface area contributed by atoms with E-state index in [1.807, 2.05) is 13.8 Å². The van der Waals surface area contributed by atoms with E-state index in [-0.39, 0.29) is 25.2 Å². The van der Waals surface area contributed by atoms with Crippen LogP contribution in [0.4, 0.5) is 0 Å². The maximum absolute atomic E-state index is 11.5. The van der Waals surface area contributed by atoms with Gasteiger partial charge in [0.15, 0.2) is 12.2 Å². The molecule has 96 valence electrons. The van der Waals surface area contributed by atoms with E-state index in [0.29, 0.717) is 0 Å². The third-order valence-corrected chi connectivity index (χ3v) is 2.37. The van der Waals surface area contributed by atoms with Crippen molar-refractivity contribution >= 4 is 17.9 Å². The molecule has 1 heterocycles. The zero-order valence-electron chi connectivity index (χ0n) is 9.84. The van der Waals surface area contributed by atoms with Crippen LogP contribution in [0.1, 0.15) is 33.1 Å². The SMILES string of the molecule is CC(C)C[C@@H](OC(=O)[C@@H]1CCC(=O)O1)C(=O)O. The normalized spacial score (nSPS) is 21.1. The summed E-state index contributed by atoms with van der Waals surface area (Å²) in [5.74, 6) is -2.32. The number of carbonyl (C=O) groups excluding carboxylic acids is 2. The number of rotatable bonds is 5. The van der Waals surface area contributed by atoms with E-state index in [1.54, 1.807) is 0 Å². The lowest BCUT2D eigenvalue weighted by molar-refractivity contribution is -0.173. The number of esters is 2. The molecule has 6 nitrogen and oxygen atoms in total. The van der Waals surface area contributed by atoms with Crippen molar-refractivity contribution in [2.75, 3.05) is 0 Å². The Bertz CT molecular complexity index is 322. The number of carboxylic acids is 1. The fraction of sp³-hybridized carbons (Fsp3) is 0.727. The Hall–Kier alpha value is -1.59. The molecule has 0 spiro atoms. The van der Waals surface area contributed by atoms with Crippen molar-refractivity contribution in [2.45, 2.75) is 45.3 Å². The highest BCUT2D eigenvalue weighted by molar-refractivity contribution is 5.84. The van der Waals surface area contributed by atoms with Crippen molar-refractivity contribution < 1.29 is 29.0 Å². The van der Waals surface area contributed by atoms with Crippen LogP contribution in [0.5, 0.6) is 0 Å².